The van der Waals surface area contributed by atoms with Crippen molar-refractivity contribution in [3.05, 3.63) is 64.2 Å². The Morgan fingerprint density at radius 3 is 2.70 bits per heavy atom. The van der Waals surface area contributed by atoms with E-state index in [1.54, 1.807) is 18.5 Å². The van der Waals surface area contributed by atoms with Gasteiger partial charge in [0, 0.05) is 30.4 Å². The second kappa shape index (κ2) is 7.57. The molecule has 3 aromatic rings. The minimum Gasteiger partial charge on any atom is -0.378 e. The first kappa shape index (κ1) is 18.8. The molecule has 1 aliphatic carbocycles. The van der Waals surface area contributed by atoms with Gasteiger partial charge in [-0.15, -0.1) is 0 Å². The monoisotopic (exact) mass is 404 g/mol. The molecule has 2 aromatic carbocycles. The van der Waals surface area contributed by atoms with Crippen molar-refractivity contribution in [2.45, 2.75) is 25.8 Å². The fraction of sp³-hybridized carbons (Fsp3) is 0.348. The average Bonchev–Trinajstić information content (AvgIpc) is 3.59. The zero-order valence-electron chi connectivity index (χ0n) is 16.9. The predicted molar refractivity (Wildman–Crippen MR) is 116 cm³/mol. The fourth-order valence-corrected chi connectivity index (χ4v) is 3.81. The van der Waals surface area contributed by atoms with Gasteiger partial charge in [-0.25, -0.2) is 4.98 Å². The molecule has 7 nitrogen and oxygen atoms in total. The van der Waals surface area contributed by atoms with Crippen LogP contribution in [0, 0.1) is 6.92 Å². The molecule has 0 radical (unpaired) electrons. The number of amides is 1. The quantitative estimate of drug-likeness (QED) is 0.723. The average molecular weight is 404 g/mol. The lowest BCUT2D eigenvalue weighted by Crippen LogP contribution is -2.36. The molecule has 30 heavy (non-hydrogen) atoms. The van der Waals surface area contributed by atoms with E-state index in [0.29, 0.717) is 35.4 Å². The maximum absolute atomic E-state index is 13.4. The van der Waals surface area contributed by atoms with Crippen LogP contribution >= 0.6 is 0 Å². The summed E-state index contributed by atoms with van der Waals surface area (Å²) in [7, 11) is 0. The maximum atomic E-state index is 13.4. The van der Waals surface area contributed by atoms with Crippen molar-refractivity contribution in [3.8, 4) is 5.69 Å². The smallest absolute Gasteiger partial charge is 0.265 e. The third-order valence-corrected chi connectivity index (χ3v) is 5.76. The van der Waals surface area contributed by atoms with Crippen LogP contribution in [0.15, 0.2) is 47.5 Å². The Kier molecular flexibility index (Phi) is 4.75. The molecule has 154 valence electrons. The van der Waals surface area contributed by atoms with E-state index in [4.69, 9.17) is 4.74 Å². The first-order valence-corrected chi connectivity index (χ1v) is 10.4. The van der Waals surface area contributed by atoms with Crippen molar-refractivity contribution in [2.75, 3.05) is 31.2 Å². The number of ether oxygens (including phenoxy) is 1. The number of anilines is 1. The lowest BCUT2D eigenvalue weighted by molar-refractivity contribution is 0.0951. The number of hydrogen-bond donors (Lipinski definition) is 1. The van der Waals surface area contributed by atoms with Gasteiger partial charge >= 0.3 is 0 Å². The highest BCUT2D eigenvalue weighted by molar-refractivity contribution is 5.95. The molecule has 0 atom stereocenters. The topological polar surface area (TPSA) is 76.5 Å². The number of nitrogens with zero attached hydrogens (tertiary/aromatic N) is 3. The Bertz CT molecular complexity index is 1180. The number of rotatable bonds is 4. The number of morpholine rings is 1. The molecule has 5 rings (SSSR count). The molecule has 1 aromatic heterocycles. The summed E-state index contributed by atoms with van der Waals surface area (Å²) in [5, 5.41) is 3.56. The van der Waals surface area contributed by atoms with Gasteiger partial charge in [0.2, 0.25) is 0 Å². The number of carbonyl (C=O) groups is 1. The van der Waals surface area contributed by atoms with Gasteiger partial charge in [0.05, 0.1) is 29.8 Å². The molecule has 7 heteroatoms. The Hall–Kier alpha value is -3.19. The molecule has 0 bridgehead atoms. The molecule has 0 spiro atoms. The molecule has 2 fully saturated rings. The van der Waals surface area contributed by atoms with Crippen molar-refractivity contribution >= 4 is 22.5 Å². The summed E-state index contributed by atoms with van der Waals surface area (Å²) in [5.74, 6) is -0.102. The van der Waals surface area contributed by atoms with Gasteiger partial charge in [-0.2, -0.15) is 0 Å². The van der Waals surface area contributed by atoms with Gasteiger partial charge in [0.1, 0.15) is 6.33 Å². The molecule has 2 aliphatic rings. The van der Waals surface area contributed by atoms with Gasteiger partial charge in [0.15, 0.2) is 0 Å². The van der Waals surface area contributed by atoms with Gasteiger partial charge in [0.25, 0.3) is 11.5 Å². The summed E-state index contributed by atoms with van der Waals surface area (Å²) < 4.78 is 6.96. The first-order valence-electron chi connectivity index (χ1n) is 10.4. The summed E-state index contributed by atoms with van der Waals surface area (Å²) in [6.45, 7) is 4.90. The van der Waals surface area contributed by atoms with E-state index in [9.17, 15) is 9.59 Å². The van der Waals surface area contributed by atoms with E-state index in [2.05, 4.69) is 15.2 Å². The number of benzene rings is 2. The third-order valence-electron chi connectivity index (χ3n) is 5.76. The Balaban J connectivity index is 1.56. The molecular weight excluding hydrogens is 380 g/mol. The number of carbonyl (C=O) groups excluding carboxylic acids is 1. The van der Waals surface area contributed by atoms with Crippen LogP contribution in [-0.2, 0) is 4.74 Å². The third kappa shape index (κ3) is 3.57. The van der Waals surface area contributed by atoms with Crippen LogP contribution in [0.3, 0.4) is 0 Å². The van der Waals surface area contributed by atoms with E-state index >= 15 is 0 Å². The van der Waals surface area contributed by atoms with Crippen LogP contribution in [0.2, 0.25) is 0 Å². The van der Waals surface area contributed by atoms with Gasteiger partial charge in [-0.05, 0) is 55.7 Å². The van der Waals surface area contributed by atoms with Crippen molar-refractivity contribution in [3.63, 3.8) is 0 Å². The molecule has 1 amide bonds. The van der Waals surface area contributed by atoms with Crippen LogP contribution < -0.4 is 15.8 Å². The number of aromatic nitrogens is 2. The van der Waals surface area contributed by atoms with Crippen molar-refractivity contribution in [2.24, 2.45) is 0 Å². The Morgan fingerprint density at radius 1 is 1.13 bits per heavy atom. The molecule has 1 saturated heterocycles. The highest BCUT2D eigenvalue weighted by atomic mass is 16.5. The second-order valence-corrected chi connectivity index (χ2v) is 7.97. The van der Waals surface area contributed by atoms with Gasteiger partial charge in [-0.1, -0.05) is 6.07 Å². The summed E-state index contributed by atoms with van der Waals surface area (Å²) in [6.07, 6.45) is 3.61. The number of aryl methyl sites for hydroxylation is 1. The molecule has 1 saturated carbocycles. The highest BCUT2D eigenvalue weighted by Gasteiger charge is 2.24. The van der Waals surface area contributed by atoms with Crippen LogP contribution in [0.25, 0.3) is 16.6 Å². The number of fused-ring (bicyclic) bond motifs is 1. The minimum absolute atomic E-state index is 0.102. The zero-order chi connectivity index (χ0) is 20.7. The van der Waals surface area contributed by atoms with Gasteiger partial charge in [-0.3, -0.25) is 14.2 Å². The molecule has 0 unspecified atom stereocenters. The number of hydrogen-bond acceptors (Lipinski definition) is 5. The predicted octanol–water partition coefficient (Wildman–Crippen LogP) is 2.42. The lowest BCUT2D eigenvalue weighted by atomic mass is 10.1. The molecule has 1 N–H and O–H groups in total. The zero-order valence-corrected chi connectivity index (χ0v) is 16.9. The van der Waals surface area contributed by atoms with Crippen molar-refractivity contribution in [1.82, 2.24) is 14.9 Å². The summed E-state index contributed by atoms with van der Waals surface area (Å²) in [4.78, 5) is 32.6. The SMILES string of the molecule is Cc1ccc(C(=O)NC2CC2)cc1-n1cnc2ccc(N3CCOCC3)cc2c1=O. The van der Waals surface area contributed by atoms with Crippen molar-refractivity contribution < 1.29 is 9.53 Å². The fourth-order valence-electron chi connectivity index (χ4n) is 3.81. The summed E-state index contributed by atoms with van der Waals surface area (Å²) >= 11 is 0. The lowest BCUT2D eigenvalue weighted by Gasteiger charge is -2.29. The van der Waals surface area contributed by atoms with E-state index < -0.39 is 0 Å². The Morgan fingerprint density at radius 2 is 1.93 bits per heavy atom. The van der Waals surface area contributed by atoms with Crippen LogP contribution in [0.5, 0.6) is 0 Å². The maximum Gasteiger partial charge on any atom is 0.265 e. The summed E-state index contributed by atoms with van der Waals surface area (Å²) in [5.41, 5.74) is 3.65. The van der Waals surface area contributed by atoms with E-state index in [1.165, 1.54) is 4.57 Å². The minimum atomic E-state index is -0.141. The van der Waals surface area contributed by atoms with E-state index in [-0.39, 0.29) is 17.5 Å². The Labute approximate surface area is 174 Å². The normalized spacial score (nSPS) is 16.6. The molecule has 2 heterocycles. The van der Waals surface area contributed by atoms with Gasteiger partial charge < -0.3 is 15.0 Å². The molecular formula is C23H24N4O3. The van der Waals surface area contributed by atoms with Crippen LogP contribution in [-0.4, -0.2) is 47.8 Å². The van der Waals surface area contributed by atoms with Crippen LogP contribution in [0.4, 0.5) is 5.69 Å². The molecule has 1 aliphatic heterocycles. The standard InChI is InChI=1S/C23H24N4O3/c1-15-2-3-16(22(28)25-17-4-5-17)12-21(15)27-14-24-20-7-6-18(13-19(20)23(27)29)26-8-10-30-11-9-26/h2-3,6-7,12-14,17H,4-5,8-11H2,1H3,(H,25,28). The summed E-state index contributed by atoms with van der Waals surface area (Å²) in [6, 6.07) is 11.5. The number of nitrogens with one attached hydrogen (secondary N) is 1. The van der Waals surface area contributed by atoms with Crippen molar-refractivity contribution in [1.29, 1.82) is 0 Å². The van der Waals surface area contributed by atoms with E-state index in [0.717, 1.165) is 37.2 Å². The highest BCUT2D eigenvalue weighted by Crippen LogP contribution is 2.22. The first-order chi connectivity index (χ1) is 14.6. The largest absolute Gasteiger partial charge is 0.378 e. The van der Waals surface area contributed by atoms with E-state index in [1.807, 2.05) is 31.2 Å². The second-order valence-electron chi connectivity index (χ2n) is 7.97. The van der Waals surface area contributed by atoms with Crippen LogP contribution in [0.1, 0.15) is 28.8 Å².